The molecule has 114 valence electrons. The molecule has 0 amide bonds. The Balaban J connectivity index is 2.54. The third kappa shape index (κ3) is 5.80. The van der Waals surface area contributed by atoms with Gasteiger partial charge in [0, 0.05) is 45.4 Å². The van der Waals surface area contributed by atoms with E-state index in [-0.39, 0.29) is 0 Å². The molecule has 1 N–H and O–H groups in total. The molecule has 1 fully saturated rings. The van der Waals surface area contributed by atoms with Gasteiger partial charge in [0.15, 0.2) is 0 Å². The third-order valence-corrected chi connectivity index (χ3v) is 4.34. The number of hydrogen-bond acceptors (Lipinski definition) is 3. The molecule has 1 saturated heterocycles. The van der Waals surface area contributed by atoms with Gasteiger partial charge in [-0.2, -0.15) is 0 Å². The lowest BCUT2D eigenvalue weighted by atomic mass is 9.87. The standard InChI is InChI=1S/C16H34N2O/c1-6-8-14-12-18(15(7-2)11-17-14)13-16(3,4)9-10-19-5/h14-15,17H,6-13H2,1-5H3. The Morgan fingerprint density at radius 2 is 2.05 bits per heavy atom. The highest BCUT2D eigenvalue weighted by molar-refractivity contribution is 4.88. The molecule has 0 bridgehead atoms. The lowest BCUT2D eigenvalue weighted by Crippen LogP contribution is -2.58. The minimum atomic E-state index is 0.345. The molecule has 19 heavy (non-hydrogen) atoms. The Bertz CT molecular complexity index is 243. The number of nitrogens with one attached hydrogen (secondary N) is 1. The summed E-state index contributed by atoms with van der Waals surface area (Å²) in [5, 5.41) is 3.71. The second-order valence-electron chi connectivity index (χ2n) is 6.79. The predicted octanol–water partition coefficient (Wildman–Crippen LogP) is 2.90. The maximum absolute atomic E-state index is 5.25. The molecule has 0 radical (unpaired) electrons. The molecule has 3 heteroatoms. The van der Waals surface area contributed by atoms with Crippen molar-refractivity contribution in [2.24, 2.45) is 5.41 Å². The van der Waals surface area contributed by atoms with Crippen molar-refractivity contribution in [3.63, 3.8) is 0 Å². The van der Waals surface area contributed by atoms with Crippen LogP contribution in [-0.2, 0) is 4.74 Å². The van der Waals surface area contributed by atoms with E-state index < -0.39 is 0 Å². The second kappa shape index (κ2) is 8.23. The highest BCUT2D eigenvalue weighted by atomic mass is 16.5. The van der Waals surface area contributed by atoms with Gasteiger partial charge in [-0.1, -0.05) is 34.1 Å². The van der Waals surface area contributed by atoms with Crippen LogP contribution in [0.4, 0.5) is 0 Å². The van der Waals surface area contributed by atoms with Crippen LogP contribution >= 0.6 is 0 Å². The van der Waals surface area contributed by atoms with Crippen molar-refractivity contribution in [1.82, 2.24) is 10.2 Å². The van der Waals surface area contributed by atoms with E-state index in [0.29, 0.717) is 17.5 Å². The van der Waals surface area contributed by atoms with Crippen molar-refractivity contribution in [1.29, 1.82) is 0 Å². The van der Waals surface area contributed by atoms with Gasteiger partial charge in [-0.25, -0.2) is 0 Å². The largest absolute Gasteiger partial charge is 0.385 e. The molecular formula is C16H34N2O. The highest BCUT2D eigenvalue weighted by Gasteiger charge is 2.30. The molecule has 0 spiro atoms. The maximum atomic E-state index is 5.25. The van der Waals surface area contributed by atoms with Gasteiger partial charge in [0.1, 0.15) is 0 Å². The fraction of sp³-hybridized carbons (Fsp3) is 1.00. The van der Waals surface area contributed by atoms with Crippen molar-refractivity contribution in [2.75, 3.05) is 33.4 Å². The molecular weight excluding hydrogens is 236 g/mol. The summed E-state index contributed by atoms with van der Waals surface area (Å²) in [6, 6.07) is 1.39. The number of nitrogens with zero attached hydrogens (tertiary/aromatic N) is 1. The molecule has 2 unspecified atom stereocenters. The monoisotopic (exact) mass is 270 g/mol. The maximum Gasteiger partial charge on any atom is 0.0467 e. The molecule has 0 saturated carbocycles. The van der Waals surface area contributed by atoms with Gasteiger partial charge in [-0.05, 0) is 24.7 Å². The Morgan fingerprint density at radius 1 is 1.32 bits per heavy atom. The van der Waals surface area contributed by atoms with Crippen LogP contribution in [0.1, 0.15) is 53.4 Å². The molecule has 1 heterocycles. The number of rotatable bonds is 8. The molecule has 1 aliphatic rings. The fourth-order valence-electron chi connectivity index (χ4n) is 3.07. The molecule has 0 aromatic heterocycles. The Morgan fingerprint density at radius 3 is 2.63 bits per heavy atom. The van der Waals surface area contributed by atoms with Gasteiger partial charge in [0.25, 0.3) is 0 Å². The summed E-state index contributed by atoms with van der Waals surface area (Å²) in [5.41, 5.74) is 0.345. The lowest BCUT2D eigenvalue weighted by Gasteiger charge is -2.44. The quantitative estimate of drug-likeness (QED) is 0.734. The van der Waals surface area contributed by atoms with E-state index in [4.69, 9.17) is 4.74 Å². The highest BCUT2D eigenvalue weighted by Crippen LogP contribution is 2.25. The smallest absolute Gasteiger partial charge is 0.0467 e. The lowest BCUT2D eigenvalue weighted by molar-refractivity contribution is 0.0617. The van der Waals surface area contributed by atoms with E-state index in [1.54, 1.807) is 7.11 Å². The zero-order chi connectivity index (χ0) is 14.3. The number of hydrogen-bond donors (Lipinski definition) is 1. The number of piperazine rings is 1. The summed E-state index contributed by atoms with van der Waals surface area (Å²) in [6.45, 7) is 13.8. The van der Waals surface area contributed by atoms with Gasteiger partial charge < -0.3 is 10.1 Å². The SMILES string of the molecule is CCCC1CN(CC(C)(C)CCOC)C(CC)CN1. The zero-order valence-electron chi connectivity index (χ0n) is 13.7. The zero-order valence-corrected chi connectivity index (χ0v) is 13.7. The molecule has 1 rings (SSSR count). The Kier molecular flexibility index (Phi) is 7.33. The first-order valence-corrected chi connectivity index (χ1v) is 7.98. The first kappa shape index (κ1) is 16.9. The second-order valence-corrected chi connectivity index (χ2v) is 6.79. The first-order chi connectivity index (χ1) is 9.02. The minimum absolute atomic E-state index is 0.345. The molecule has 0 aliphatic carbocycles. The summed E-state index contributed by atoms with van der Waals surface area (Å²) < 4.78 is 5.25. The molecule has 0 aromatic carbocycles. The normalized spacial score (nSPS) is 25.7. The molecule has 2 atom stereocenters. The fourth-order valence-corrected chi connectivity index (χ4v) is 3.07. The van der Waals surface area contributed by atoms with Gasteiger partial charge in [0.2, 0.25) is 0 Å². The van der Waals surface area contributed by atoms with Crippen LogP contribution in [0.25, 0.3) is 0 Å². The van der Waals surface area contributed by atoms with Crippen LogP contribution in [0.3, 0.4) is 0 Å². The molecule has 3 nitrogen and oxygen atoms in total. The first-order valence-electron chi connectivity index (χ1n) is 7.98. The van der Waals surface area contributed by atoms with E-state index in [0.717, 1.165) is 19.6 Å². The van der Waals surface area contributed by atoms with E-state index in [1.165, 1.54) is 32.4 Å². The molecule has 1 aliphatic heterocycles. The van der Waals surface area contributed by atoms with Gasteiger partial charge in [-0.15, -0.1) is 0 Å². The Labute approximate surface area is 120 Å². The third-order valence-electron chi connectivity index (χ3n) is 4.34. The number of methoxy groups -OCH3 is 1. The van der Waals surface area contributed by atoms with E-state index in [1.807, 2.05) is 0 Å². The summed E-state index contributed by atoms with van der Waals surface area (Å²) >= 11 is 0. The number of ether oxygens (including phenoxy) is 1. The van der Waals surface area contributed by atoms with Crippen molar-refractivity contribution < 1.29 is 4.74 Å². The summed E-state index contributed by atoms with van der Waals surface area (Å²) in [6.07, 6.45) is 4.95. The van der Waals surface area contributed by atoms with Crippen LogP contribution in [0.5, 0.6) is 0 Å². The van der Waals surface area contributed by atoms with Crippen LogP contribution < -0.4 is 5.32 Å². The average molecular weight is 270 g/mol. The van der Waals surface area contributed by atoms with Crippen molar-refractivity contribution in [3.05, 3.63) is 0 Å². The summed E-state index contributed by atoms with van der Waals surface area (Å²) in [5.74, 6) is 0. The molecule has 0 aromatic rings. The van der Waals surface area contributed by atoms with Crippen molar-refractivity contribution >= 4 is 0 Å². The van der Waals surface area contributed by atoms with E-state index in [2.05, 4.69) is 37.9 Å². The predicted molar refractivity (Wildman–Crippen MR) is 82.6 cm³/mol. The van der Waals surface area contributed by atoms with Gasteiger partial charge in [-0.3, -0.25) is 4.90 Å². The average Bonchev–Trinajstić information content (AvgIpc) is 2.37. The van der Waals surface area contributed by atoms with Crippen molar-refractivity contribution in [2.45, 2.75) is 65.5 Å². The van der Waals surface area contributed by atoms with E-state index >= 15 is 0 Å². The van der Waals surface area contributed by atoms with Crippen LogP contribution in [-0.4, -0.2) is 50.3 Å². The van der Waals surface area contributed by atoms with Crippen LogP contribution in [0.2, 0.25) is 0 Å². The van der Waals surface area contributed by atoms with Crippen molar-refractivity contribution in [3.8, 4) is 0 Å². The minimum Gasteiger partial charge on any atom is -0.385 e. The summed E-state index contributed by atoms with van der Waals surface area (Å²) in [7, 11) is 1.80. The van der Waals surface area contributed by atoms with Crippen LogP contribution in [0, 0.1) is 5.41 Å². The van der Waals surface area contributed by atoms with Gasteiger partial charge in [0.05, 0.1) is 0 Å². The summed E-state index contributed by atoms with van der Waals surface area (Å²) in [4.78, 5) is 2.71. The van der Waals surface area contributed by atoms with Crippen LogP contribution in [0.15, 0.2) is 0 Å². The van der Waals surface area contributed by atoms with E-state index in [9.17, 15) is 0 Å². The topological polar surface area (TPSA) is 24.5 Å². The van der Waals surface area contributed by atoms with Gasteiger partial charge >= 0.3 is 0 Å². The Hall–Kier alpha value is -0.120.